The number of benzene rings is 1. The summed E-state index contributed by atoms with van der Waals surface area (Å²) < 4.78 is 41.6. The van der Waals surface area contributed by atoms with Crippen molar-refractivity contribution in [3.05, 3.63) is 50.6 Å². The molecular formula is C15H11F3N4O3. The van der Waals surface area contributed by atoms with Gasteiger partial charge in [0.25, 0.3) is 10.9 Å². The second-order valence-corrected chi connectivity index (χ2v) is 5.40. The minimum atomic E-state index is -4.71. The summed E-state index contributed by atoms with van der Waals surface area (Å²) in [5.74, 6) is -1.63. The third-order valence-corrected chi connectivity index (χ3v) is 3.41. The molecule has 3 aromatic rings. The van der Waals surface area contributed by atoms with Crippen molar-refractivity contribution in [3.8, 4) is 11.4 Å². The summed E-state index contributed by atoms with van der Waals surface area (Å²) in [4.78, 5) is 28.0. The van der Waals surface area contributed by atoms with E-state index in [0.29, 0.717) is 11.3 Å². The Bertz CT molecular complexity index is 983. The van der Waals surface area contributed by atoms with Crippen LogP contribution in [-0.2, 0) is 6.18 Å². The van der Waals surface area contributed by atoms with E-state index >= 15 is 0 Å². The van der Waals surface area contributed by atoms with Crippen molar-refractivity contribution in [1.29, 1.82) is 0 Å². The SMILES string of the molecule is CN(C)c1c(Nc2ccc(-c3noc(C(F)(F)F)n3)cc2)c(=O)c1=O. The zero-order valence-corrected chi connectivity index (χ0v) is 13.0. The summed E-state index contributed by atoms with van der Waals surface area (Å²) in [5.41, 5.74) is 0.0289. The molecule has 0 spiro atoms. The van der Waals surface area contributed by atoms with Crippen molar-refractivity contribution >= 4 is 17.1 Å². The van der Waals surface area contributed by atoms with Gasteiger partial charge in [0.05, 0.1) is 0 Å². The second kappa shape index (κ2) is 5.72. The summed E-state index contributed by atoms with van der Waals surface area (Å²) in [5, 5.41) is 6.11. The predicted octanol–water partition coefficient (Wildman–Crippen LogP) is 2.16. The van der Waals surface area contributed by atoms with Crippen LogP contribution >= 0.6 is 0 Å². The average Bonchev–Trinajstić information content (AvgIpc) is 3.04. The lowest BCUT2D eigenvalue weighted by Gasteiger charge is -2.19. The van der Waals surface area contributed by atoms with Crippen molar-refractivity contribution in [2.45, 2.75) is 6.18 Å². The molecule has 0 aliphatic rings. The molecule has 0 fully saturated rings. The van der Waals surface area contributed by atoms with Crippen LogP contribution in [0.4, 0.5) is 30.2 Å². The zero-order valence-electron chi connectivity index (χ0n) is 13.0. The maximum absolute atomic E-state index is 12.5. The maximum atomic E-state index is 12.5. The topological polar surface area (TPSA) is 88.3 Å². The smallest absolute Gasteiger partial charge is 0.373 e. The lowest BCUT2D eigenvalue weighted by molar-refractivity contribution is -0.159. The Morgan fingerprint density at radius 3 is 2.24 bits per heavy atom. The molecule has 10 heteroatoms. The number of aromatic nitrogens is 2. The van der Waals surface area contributed by atoms with Crippen LogP contribution in [0.25, 0.3) is 11.4 Å². The van der Waals surface area contributed by atoms with Gasteiger partial charge in [-0.25, -0.2) is 0 Å². The monoisotopic (exact) mass is 352 g/mol. The highest BCUT2D eigenvalue weighted by molar-refractivity contribution is 5.79. The Morgan fingerprint density at radius 1 is 1.08 bits per heavy atom. The Balaban J connectivity index is 1.82. The average molecular weight is 352 g/mol. The van der Waals surface area contributed by atoms with Crippen LogP contribution in [0.1, 0.15) is 5.89 Å². The number of anilines is 3. The van der Waals surface area contributed by atoms with E-state index in [1.54, 1.807) is 14.1 Å². The van der Waals surface area contributed by atoms with Crippen molar-refractivity contribution < 1.29 is 17.7 Å². The number of nitrogens with one attached hydrogen (secondary N) is 1. The van der Waals surface area contributed by atoms with Gasteiger partial charge in [0.1, 0.15) is 11.4 Å². The number of rotatable bonds is 4. The molecule has 7 nitrogen and oxygen atoms in total. The molecule has 0 atom stereocenters. The summed E-state index contributed by atoms with van der Waals surface area (Å²) in [6.45, 7) is 0. The van der Waals surface area contributed by atoms with Crippen LogP contribution in [0.3, 0.4) is 0 Å². The van der Waals surface area contributed by atoms with Crippen molar-refractivity contribution in [2.24, 2.45) is 0 Å². The van der Waals surface area contributed by atoms with Gasteiger partial charge in [0.2, 0.25) is 5.82 Å². The Kier molecular flexibility index (Phi) is 3.82. The first-order chi connectivity index (χ1) is 11.7. The van der Waals surface area contributed by atoms with Crippen molar-refractivity contribution in [2.75, 3.05) is 24.3 Å². The van der Waals surface area contributed by atoms with Gasteiger partial charge in [-0.1, -0.05) is 5.16 Å². The summed E-state index contributed by atoms with van der Waals surface area (Å²) >= 11 is 0. The first-order valence-corrected chi connectivity index (χ1v) is 6.97. The highest BCUT2D eigenvalue weighted by atomic mass is 19.4. The van der Waals surface area contributed by atoms with Gasteiger partial charge in [-0.05, 0) is 24.3 Å². The molecule has 0 aliphatic heterocycles. The highest BCUT2D eigenvalue weighted by Gasteiger charge is 2.38. The minimum absolute atomic E-state index is 0.168. The molecule has 0 saturated heterocycles. The lowest BCUT2D eigenvalue weighted by atomic mass is 10.1. The third kappa shape index (κ3) is 2.97. The van der Waals surface area contributed by atoms with Gasteiger partial charge in [0.15, 0.2) is 0 Å². The van der Waals surface area contributed by atoms with Crippen molar-refractivity contribution in [1.82, 2.24) is 10.1 Å². The molecule has 130 valence electrons. The molecular weight excluding hydrogens is 341 g/mol. The van der Waals surface area contributed by atoms with E-state index in [1.165, 1.54) is 29.2 Å². The molecule has 3 rings (SSSR count). The zero-order chi connectivity index (χ0) is 18.4. The largest absolute Gasteiger partial charge is 0.471 e. The standard InChI is InChI=1S/C15H11F3N4O3/c1-22(2)10-9(11(23)12(10)24)19-8-5-3-7(4-6-8)13-20-14(25-21-13)15(16,17)18/h3-6,19H,1-2H3. The molecule has 0 radical (unpaired) electrons. The molecule has 0 saturated carbocycles. The minimum Gasteiger partial charge on any atom is -0.373 e. The van der Waals surface area contributed by atoms with Crippen LogP contribution in [-0.4, -0.2) is 24.2 Å². The van der Waals surface area contributed by atoms with Crippen LogP contribution in [0.15, 0.2) is 38.4 Å². The fourth-order valence-electron chi connectivity index (χ4n) is 2.23. The van der Waals surface area contributed by atoms with Crippen LogP contribution in [0.2, 0.25) is 0 Å². The van der Waals surface area contributed by atoms with E-state index < -0.39 is 22.9 Å². The summed E-state index contributed by atoms with van der Waals surface area (Å²) in [7, 11) is 3.28. The van der Waals surface area contributed by atoms with Crippen LogP contribution < -0.4 is 21.1 Å². The van der Waals surface area contributed by atoms with Gasteiger partial charge >= 0.3 is 12.1 Å². The molecule has 0 unspecified atom stereocenters. The van der Waals surface area contributed by atoms with Gasteiger partial charge < -0.3 is 14.7 Å². The molecule has 1 N–H and O–H groups in total. The number of alkyl halides is 3. The highest BCUT2D eigenvalue weighted by Crippen LogP contribution is 2.30. The summed E-state index contributed by atoms with van der Waals surface area (Å²) in [6, 6.07) is 5.98. The Labute approximate surface area is 138 Å². The summed E-state index contributed by atoms with van der Waals surface area (Å²) in [6.07, 6.45) is -4.71. The Hall–Kier alpha value is -3.17. The van der Waals surface area contributed by atoms with Crippen LogP contribution in [0, 0.1) is 0 Å². The molecule has 0 amide bonds. The van der Waals surface area contributed by atoms with E-state index in [4.69, 9.17) is 0 Å². The first kappa shape index (κ1) is 16.7. The lowest BCUT2D eigenvalue weighted by Crippen LogP contribution is -2.39. The molecule has 1 heterocycles. The van der Waals surface area contributed by atoms with E-state index in [0.717, 1.165) is 0 Å². The quantitative estimate of drug-likeness (QED) is 0.720. The second-order valence-electron chi connectivity index (χ2n) is 5.40. The van der Waals surface area contributed by atoms with Gasteiger partial charge in [-0.2, -0.15) is 18.2 Å². The predicted molar refractivity (Wildman–Crippen MR) is 83.7 cm³/mol. The van der Waals surface area contributed by atoms with Crippen molar-refractivity contribution in [3.63, 3.8) is 0 Å². The molecule has 0 aliphatic carbocycles. The normalized spacial score (nSPS) is 11.7. The van der Waals surface area contributed by atoms with Gasteiger partial charge in [-0.15, -0.1) is 0 Å². The van der Waals surface area contributed by atoms with Crippen LogP contribution in [0.5, 0.6) is 0 Å². The number of halogens is 3. The molecule has 1 aromatic heterocycles. The number of hydrogen-bond donors (Lipinski definition) is 1. The van der Waals surface area contributed by atoms with E-state index in [9.17, 15) is 22.8 Å². The van der Waals surface area contributed by atoms with E-state index in [1.807, 2.05) is 0 Å². The number of hydrogen-bond acceptors (Lipinski definition) is 7. The fourth-order valence-corrected chi connectivity index (χ4v) is 2.23. The van der Waals surface area contributed by atoms with E-state index in [-0.39, 0.29) is 17.2 Å². The first-order valence-electron chi connectivity index (χ1n) is 6.97. The molecule has 2 aromatic carbocycles. The van der Waals surface area contributed by atoms with Gasteiger partial charge in [-0.3, -0.25) is 9.59 Å². The molecule has 0 bridgehead atoms. The number of nitrogens with zero attached hydrogens (tertiary/aromatic N) is 3. The van der Waals surface area contributed by atoms with E-state index in [2.05, 4.69) is 20.0 Å². The third-order valence-electron chi connectivity index (χ3n) is 3.41. The van der Waals surface area contributed by atoms with Gasteiger partial charge in [0, 0.05) is 25.3 Å². The molecule has 25 heavy (non-hydrogen) atoms. The maximum Gasteiger partial charge on any atom is 0.471 e. The fraction of sp³-hybridized carbons (Fsp3) is 0.200. The Morgan fingerprint density at radius 2 is 1.72 bits per heavy atom.